The Morgan fingerprint density at radius 3 is 2.67 bits per heavy atom. The molecule has 3 rings (SSSR count). The van der Waals surface area contributed by atoms with Crippen molar-refractivity contribution in [3.63, 3.8) is 0 Å². The van der Waals surface area contributed by atoms with Crippen molar-refractivity contribution >= 4 is 17.0 Å². The molecule has 0 saturated carbocycles. The van der Waals surface area contributed by atoms with Crippen LogP contribution in [0.25, 0.3) is 10.9 Å². The highest BCUT2D eigenvalue weighted by Gasteiger charge is 2.36. The smallest absolute Gasteiger partial charge is 0.408 e. The lowest BCUT2D eigenvalue weighted by molar-refractivity contribution is 0.0469. The summed E-state index contributed by atoms with van der Waals surface area (Å²) in [6.07, 6.45) is -0.508. The summed E-state index contributed by atoms with van der Waals surface area (Å²) in [6, 6.07) is 8.47. The SMILES string of the molecule is COCC1C(NC(=O)OC(C)(C)C)c2cccc3ccc(=O)n1c23. The molecule has 0 spiro atoms. The Kier molecular flexibility index (Phi) is 4.09. The number of alkyl carbamates (subject to hydrolysis) is 1. The first-order chi connectivity index (χ1) is 11.3. The minimum Gasteiger partial charge on any atom is -0.444 e. The number of hydrogen-bond acceptors (Lipinski definition) is 4. The third-order valence-electron chi connectivity index (χ3n) is 4.04. The van der Waals surface area contributed by atoms with Crippen LogP contribution in [0.1, 0.15) is 38.4 Å². The Morgan fingerprint density at radius 2 is 2.00 bits per heavy atom. The van der Waals surface area contributed by atoms with Crippen LogP contribution >= 0.6 is 0 Å². The molecule has 0 saturated heterocycles. The number of amides is 1. The molecule has 6 heteroatoms. The maximum Gasteiger partial charge on any atom is 0.408 e. The average Bonchev–Trinajstić information content (AvgIpc) is 2.78. The van der Waals surface area contributed by atoms with Gasteiger partial charge in [0.15, 0.2) is 0 Å². The summed E-state index contributed by atoms with van der Waals surface area (Å²) in [5, 5.41) is 3.86. The molecule has 2 aromatic rings. The van der Waals surface area contributed by atoms with Gasteiger partial charge in [-0.05, 0) is 32.2 Å². The first-order valence-electron chi connectivity index (χ1n) is 7.94. The maximum atomic E-state index is 12.4. The standard InChI is InChI=1S/C18H22N2O4/c1-18(2,3)24-17(22)19-15-12-7-5-6-11-8-9-14(21)20(16(11)12)13(15)10-23-4/h5-9,13,15H,10H2,1-4H3,(H,19,22). The molecule has 2 heterocycles. The van der Waals surface area contributed by atoms with Gasteiger partial charge in [0.2, 0.25) is 0 Å². The number of carbonyl (C=O) groups is 1. The van der Waals surface area contributed by atoms with Crippen LogP contribution in [0.5, 0.6) is 0 Å². The molecule has 2 atom stereocenters. The molecule has 24 heavy (non-hydrogen) atoms. The Bertz CT molecular complexity index is 835. The zero-order chi connectivity index (χ0) is 17.5. The highest BCUT2D eigenvalue weighted by Crippen LogP contribution is 2.39. The summed E-state index contributed by atoms with van der Waals surface area (Å²) in [7, 11) is 1.58. The molecule has 6 nitrogen and oxygen atoms in total. The third-order valence-corrected chi connectivity index (χ3v) is 4.04. The topological polar surface area (TPSA) is 69.6 Å². The van der Waals surface area contributed by atoms with Crippen LogP contribution in [-0.4, -0.2) is 30.0 Å². The molecule has 0 fully saturated rings. The Morgan fingerprint density at radius 1 is 1.25 bits per heavy atom. The molecule has 0 radical (unpaired) electrons. The fourth-order valence-electron chi connectivity index (χ4n) is 3.23. The molecule has 1 aliphatic heterocycles. The van der Waals surface area contributed by atoms with E-state index in [0.29, 0.717) is 6.61 Å². The molecule has 128 valence electrons. The number of pyridine rings is 1. The predicted molar refractivity (Wildman–Crippen MR) is 91.2 cm³/mol. The first-order valence-corrected chi connectivity index (χ1v) is 7.94. The number of rotatable bonds is 3. The molecular weight excluding hydrogens is 308 g/mol. The Balaban J connectivity index is 2.04. The zero-order valence-corrected chi connectivity index (χ0v) is 14.3. The van der Waals surface area contributed by atoms with Gasteiger partial charge in [-0.3, -0.25) is 4.79 Å². The lowest BCUT2D eigenvalue weighted by Crippen LogP contribution is -2.38. The van der Waals surface area contributed by atoms with E-state index in [2.05, 4.69) is 5.32 Å². The Hall–Kier alpha value is -2.34. The van der Waals surface area contributed by atoms with E-state index in [0.717, 1.165) is 16.5 Å². The number of aromatic nitrogens is 1. The van der Waals surface area contributed by atoms with Gasteiger partial charge >= 0.3 is 6.09 Å². The van der Waals surface area contributed by atoms with Crippen LogP contribution < -0.4 is 10.9 Å². The summed E-state index contributed by atoms with van der Waals surface area (Å²) < 4.78 is 12.4. The number of ether oxygens (including phenoxy) is 2. The zero-order valence-electron chi connectivity index (χ0n) is 14.3. The summed E-state index contributed by atoms with van der Waals surface area (Å²) >= 11 is 0. The molecule has 2 unspecified atom stereocenters. The van der Waals surface area contributed by atoms with E-state index in [1.165, 1.54) is 0 Å². The largest absolute Gasteiger partial charge is 0.444 e. The van der Waals surface area contributed by atoms with E-state index in [-0.39, 0.29) is 17.6 Å². The molecule has 1 amide bonds. The summed E-state index contributed by atoms with van der Waals surface area (Å²) in [5.74, 6) is 0. The van der Waals surface area contributed by atoms with Crippen LogP contribution in [0.2, 0.25) is 0 Å². The number of para-hydroxylation sites is 1. The number of carbonyl (C=O) groups excluding carboxylic acids is 1. The number of methoxy groups -OCH3 is 1. The van der Waals surface area contributed by atoms with Gasteiger partial charge in [0.05, 0.1) is 24.2 Å². The normalized spacial score (nSPS) is 19.5. The highest BCUT2D eigenvalue weighted by molar-refractivity contribution is 5.85. The van der Waals surface area contributed by atoms with Gasteiger partial charge in [0, 0.05) is 18.7 Å². The first kappa shape index (κ1) is 16.5. The molecule has 1 N–H and O–H groups in total. The Labute approximate surface area is 140 Å². The van der Waals surface area contributed by atoms with Gasteiger partial charge in [-0.1, -0.05) is 18.2 Å². The van der Waals surface area contributed by atoms with E-state index >= 15 is 0 Å². The molecule has 1 aliphatic rings. The fraction of sp³-hybridized carbons (Fsp3) is 0.444. The molecular formula is C18H22N2O4. The highest BCUT2D eigenvalue weighted by atomic mass is 16.6. The van der Waals surface area contributed by atoms with Crippen molar-refractivity contribution in [2.24, 2.45) is 0 Å². The van der Waals surface area contributed by atoms with Gasteiger partial charge < -0.3 is 19.4 Å². The van der Waals surface area contributed by atoms with Crippen LogP contribution in [-0.2, 0) is 9.47 Å². The van der Waals surface area contributed by atoms with Crippen molar-refractivity contribution in [1.29, 1.82) is 0 Å². The molecule has 0 bridgehead atoms. The van der Waals surface area contributed by atoms with Crippen molar-refractivity contribution in [1.82, 2.24) is 9.88 Å². The molecule has 1 aromatic heterocycles. The van der Waals surface area contributed by atoms with Gasteiger partial charge in [-0.2, -0.15) is 0 Å². The average molecular weight is 330 g/mol. The summed E-state index contributed by atoms with van der Waals surface area (Å²) in [6.45, 7) is 5.75. The number of benzene rings is 1. The molecule has 0 aliphatic carbocycles. The van der Waals surface area contributed by atoms with E-state index in [1.54, 1.807) is 23.8 Å². The minimum atomic E-state index is -0.588. The van der Waals surface area contributed by atoms with Gasteiger partial charge in [0.25, 0.3) is 5.56 Å². The monoisotopic (exact) mass is 330 g/mol. The second-order valence-electron chi connectivity index (χ2n) is 6.97. The van der Waals surface area contributed by atoms with Crippen LogP contribution in [0, 0.1) is 0 Å². The van der Waals surface area contributed by atoms with Crippen molar-refractivity contribution in [2.75, 3.05) is 13.7 Å². The van der Waals surface area contributed by atoms with Crippen LogP contribution in [0.3, 0.4) is 0 Å². The van der Waals surface area contributed by atoms with Crippen molar-refractivity contribution in [2.45, 2.75) is 38.5 Å². The second-order valence-corrected chi connectivity index (χ2v) is 6.97. The number of hydrogen-bond donors (Lipinski definition) is 1. The third kappa shape index (κ3) is 2.89. The van der Waals surface area contributed by atoms with E-state index < -0.39 is 11.7 Å². The predicted octanol–water partition coefficient (Wildman–Crippen LogP) is 2.77. The van der Waals surface area contributed by atoms with Crippen LogP contribution in [0.4, 0.5) is 4.79 Å². The van der Waals surface area contributed by atoms with Crippen molar-refractivity contribution < 1.29 is 14.3 Å². The van der Waals surface area contributed by atoms with E-state index in [9.17, 15) is 9.59 Å². The quantitative estimate of drug-likeness (QED) is 0.939. The van der Waals surface area contributed by atoms with Crippen LogP contribution in [0.15, 0.2) is 35.1 Å². The lowest BCUT2D eigenvalue weighted by atomic mass is 10.0. The lowest BCUT2D eigenvalue weighted by Gasteiger charge is -2.25. The fourth-order valence-corrected chi connectivity index (χ4v) is 3.23. The summed E-state index contributed by atoms with van der Waals surface area (Å²) in [4.78, 5) is 24.7. The molecule has 1 aromatic carbocycles. The maximum absolute atomic E-state index is 12.4. The van der Waals surface area contributed by atoms with Crippen molar-refractivity contribution in [3.8, 4) is 0 Å². The summed E-state index contributed by atoms with van der Waals surface area (Å²) in [5.41, 5.74) is 1.05. The van der Waals surface area contributed by atoms with Gasteiger partial charge in [0.1, 0.15) is 5.60 Å². The second kappa shape index (κ2) is 5.94. The van der Waals surface area contributed by atoms with Gasteiger partial charge in [-0.15, -0.1) is 0 Å². The van der Waals surface area contributed by atoms with E-state index in [4.69, 9.17) is 9.47 Å². The van der Waals surface area contributed by atoms with Crippen molar-refractivity contribution in [3.05, 3.63) is 46.2 Å². The minimum absolute atomic E-state index is 0.106. The van der Waals surface area contributed by atoms with E-state index in [1.807, 2.05) is 39.0 Å². The number of nitrogens with zero attached hydrogens (tertiary/aromatic N) is 1. The number of nitrogens with one attached hydrogen (secondary N) is 1. The van der Waals surface area contributed by atoms with Gasteiger partial charge in [-0.25, -0.2) is 4.79 Å².